The van der Waals surface area contributed by atoms with E-state index in [0.717, 1.165) is 39.5 Å². The van der Waals surface area contributed by atoms with Crippen LogP contribution < -0.4 is 14.2 Å². The molecule has 6 heteroatoms. The van der Waals surface area contributed by atoms with E-state index in [2.05, 4.69) is 24.3 Å². The third-order valence-corrected chi connectivity index (χ3v) is 5.79. The van der Waals surface area contributed by atoms with E-state index >= 15 is 0 Å². The lowest BCUT2D eigenvalue weighted by atomic mass is 10.0. The van der Waals surface area contributed by atoms with E-state index < -0.39 is 6.10 Å². The molecule has 0 fully saturated rings. The Balaban J connectivity index is 1.57. The van der Waals surface area contributed by atoms with E-state index in [-0.39, 0.29) is 18.2 Å². The molecular formula is C34H42O6. The Kier molecular flexibility index (Phi) is 12.1. The second-order valence-corrected chi connectivity index (χ2v) is 9.91. The van der Waals surface area contributed by atoms with Crippen LogP contribution in [0.2, 0.25) is 0 Å². The highest BCUT2D eigenvalue weighted by Gasteiger charge is 2.20. The monoisotopic (exact) mass is 546 g/mol. The van der Waals surface area contributed by atoms with Crippen molar-refractivity contribution in [3.05, 3.63) is 83.9 Å². The molecule has 0 aliphatic carbocycles. The Morgan fingerprint density at radius 3 is 1.93 bits per heavy atom. The topological polar surface area (TPSA) is 63.2 Å². The molecule has 0 spiro atoms. The summed E-state index contributed by atoms with van der Waals surface area (Å²) in [4.78, 5) is 12.1. The van der Waals surface area contributed by atoms with E-state index in [4.69, 9.17) is 23.7 Å². The Hall–Kier alpha value is -3.77. The van der Waals surface area contributed by atoms with Gasteiger partial charge in [-0.3, -0.25) is 0 Å². The van der Waals surface area contributed by atoms with E-state index in [9.17, 15) is 4.79 Å². The highest BCUT2D eigenvalue weighted by Crippen LogP contribution is 2.31. The molecule has 6 nitrogen and oxygen atoms in total. The number of hydrogen-bond acceptors (Lipinski definition) is 6. The van der Waals surface area contributed by atoms with Crippen LogP contribution in [0.5, 0.6) is 17.2 Å². The molecule has 0 aromatic heterocycles. The number of rotatable bonds is 15. The molecule has 0 aliphatic rings. The van der Waals surface area contributed by atoms with Crippen molar-refractivity contribution >= 4 is 12.0 Å². The highest BCUT2D eigenvalue weighted by molar-refractivity contribution is 5.75. The molecule has 40 heavy (non-hydrogen) atoms. The number of benzene rings is 3. The fourth-order valence-electron chi connectivity index (χ4n) is 4.12. The van der Waals surface area contributed by atoms with Crippen LogP contribution in [0.25, 0.3) is 17.2 Å². The summed E-state index contributed by atoms with van der Waals surface area (Å²) in [7, 11) is 0. The summed E-state index contributed by atoms with van der Waals surface area (Å²) in [6.45, 7) is 13.0. The maximum absolute atomic E-state index is 12.1. The fourth-order valence-corrected chi connectivity index (χ4v) is 4.12. The second kappa shape index (κ2) is 15.7. The van der Waals surface area contributed by atoms with Gasteiger partial charge in [-0.2, -0.15) is 0 Å². The Morgan fingerprint density at radius 2 is 1.38 bits per heavy atom. The van der Waals surface area contributed by atoms with Crippen molar-refractivity contribution in [3.8, 4) is 28.4 Å². The van der Waals surface area contributed by atoms with Crippen LogP contribution in [-0.2, 0) is 20.7 Å². The van der Waals surface area contributed by atoms with Gasteiger partial charge in [0.25, 0.3) is 0 Å². The van der Waals surface area contributed by atoms with Crippen LogP contribution in [0.4, 0.5) is 0 Å². The van der Waals surface area contributed by atoms with Gasteiger partial charge in [-0.25, -0.2) is 4.79 Å². The number of carbonyl (C=O) groups excluding carboxylic acids is 1. The molecule has 214 valence electrons. The first-order chi connectivity index (χ1) is 19.3. The first kappa shape index (κ1) is 30.8. The predicted molar refractivity (Wildman–Crippen MR) is 160 cm³/mol. The van der Waals surface area contributed by atoms with Crippen molar-refractivity contribution in [2.45, 2.75) is 66.3 Å². The summed E-state index contributed by atoms with van der Waals surface area (Å²) in [5.74, 6) is 2.02. The van der Waals surface area contributed by atoms with Gasteiger partial charge in [0.05, 0.1) is 18.8 Å². The molecule has 3 aromatic carbocycles. The third-order valence-electron chi connectivity index (χ3n) is 5.79. The first-order valence-corrected chi connectivity index (χ1v) is 14.0. The number of ether oxygens (including phenoxy) is 5. The zero-order valence-electron chi connectivity index (χ0n) is 24.5. The Bertz CT molecular complexity index is 1180. The summed E-state index contributed by atoms with van der Waals surface area (Å²) < 4.78 is 28.4. The Labute approximate surface area is 238 Å². The standard InChI is InChI=1S/C34H42O6/c1-7-36-33(34(35)37-8-2)20-27-13-17-30(18-14-27)38-19-9-10-26-11-15-28(16-12-26)29-21-31(39-24(3)4)23-32(22-29)40-25(5)6/h9-18,21-25,33H,7-8,19-20H2,1-6H3/b10-9+. The van der Waals surface area contributed by atoms with Crippen molar-refractivity contribution in [1.82, 2.24) is 0 Å². The van der Waals surface area contributed by atoms with Gasteiger partial charge in [0.15, 0.2) is 6.10 Å². The maximum atomic E-state index is 12.1. The normalized spacial score (nSPS) is 12.1. The lowest BCUT2D eigenvalue weighted by molar-refractivity contribution is -0.156. The molecule has 0 aliphatic heterocycles. The van der Waals surface area contributed by atoms with Crippen LogP contribution in [0.1, 0.15) is 52.7 Å². The van der Waals surface area contributed by atoms with Crippen molar-refractivity contribution in [3.63, 3.8) is 0 Å². The first-order valence-electron chi connectivity index (χ1n) is 14.0. The van der Waals surface area contributed by atoms with Crippen LogP contribution in [0, 0.1) is 0 Å². The van der Waals surface area contributed by atoms with Gasteiger partial charge in [-0.05, 0) is 94.1 Å². The lowest BCUT2D eigenvalue weighted by Crippen LogP contribution is -2.28. The molecule has 3 aromatic rings. The van der Waals surface area contributed by atoms with Crippen LogP contribution in [0.3, 0.4) is 0 Å². The summed E-state index contributed by atoms with van der Waals surface area (Å²) in [5, 5.41) is 0. The van der Waals surface area contributed by atoms with Crippen molar-refractivity contribution in [1.29, 1.82) is 0 Å². The largest absolute Gasteiger partial charge is 0.491 e. The van der Waals surface area contributed by atoms with E-state index in [1.54, 1.807) is 6.92 Å². The van der Waals surface area contributed by atoms with Gasteiger partial charge in [0.2, 0.25) is 0 Å². The second-order valence-electron chi connectivity index (χ2n) is 9.91. The van der Waals surface area contributed by atoms with E-state index in [0.29, 0.717) is 26.2 Å². The molecule has 0 amide bonds. The zero-order chi connectivity index (χ0) is 28.9. The number of esters is 1. The summed E-state index contributed by atoms with van der Waals surface area (Å²) in [5.41, 5.74) is 4.20. The molecule has 0 radical (unpaired) electrons. The average molecular weight is 547 g/mol. The molecule has 1 unspecified atom stereocenters. The molecule has 0 saturated carbocycles. The Morgan fingerprint density at radius 1 is 0.750 bits per heavy atom. The molecule has 0 heterocycles. The van der Waals surface area contributed by atoms with Crippen molar-refractivity contribution in [2.75, 3.05) is 19.8 Å². The number of carbonyl (C=O) groups is 1. The molecule has 0 saturated heterocycles. The van der Waals surface area contributed by atoms with E-state index in [1.165, 1.54) is 0 Å². The van der Waals surface area contributed by atoms with Crippen LogP contribution in [0.15, 0.2) is 72.8 Å². The molecule has 3 rings (SSSR count). The fraction of sp³-hybridized carbons (Fsp3) is 0.382. The molecular weight excluding hydrogens is 504 g/mol. The summed E-state index contributed by atoms with van der Waals surface area (Å²) in [6, 6.07) is 22.1. The molecule has 0 N–H and O–H groups in total. The van der Waals surface area contributed by atoms with Gasteiger partial charge < -0.3 is 23.7 Å². The molecule has 0 bridgehead atoms. The minimum absolute atomic E-state index is 0.0823. The van der Waals surface area contributed by atoms with Gasteiger partial charge in [0.1, 0.15) is 23.9 Å². The quantitative estimate of drug-likeness (QED) is 0.184. The van der Waals surface area contributed by atoms with Gasteiger partial charge in [-0.15, -0.1) is 0 Å². The van der Waals surface area contributed by atoms with Crippen molar-refractivity contribution < 1.29 is 28.5 Å². The minimum atomic E-state index is -0.598. The summed E-state index contributed by atoms with van der Waals surface area (Å²) >= 11 is 0. The summed E-state index contributed by atoms with van der Waals surface area (Å²) in [6.07, 6.45) is 4.05. The van der Waals surface area contributed by atoms with Crippen LogP contribution in [-0.4, -0.2) is 44.1 Å². The minimum Gasteiger partial charge on any atom is -0.491 e. The predicted octanol–water partition coefficient (Wildman–Crippen LogP) is 7.53. The number of hydrogen-bond donors (Lipinski definition) is 0. The highest BCUT2D eigenvalue weighted by atomic mass is 16.6. The zero-order valence-corrected chi connectivity index (χ0v) is 24.5. The lowest BCUT2D eigenvalue weighted by Gasteiger charge is -2.16. The maximum Gasteiger partial charge on any atom is 0.335 e. The van der Waals surface area contributed by atoms with Crippen molar-refractivity contribution in [2.24, 2.45) is 0 Å². The third kappa shape index (κ3) is 10.1. The van der Waals surface area contributed by atoms with Gasteiger partial charge >= 0.3 is 5.97 Å². The van der Waals surface area contributed by atoms with Crippen LogP contribution >= 0.6 is 0 Å². The van der Waals surface area contributed by atoms with Gasteiger partial charge in [0, 0.05) is 19.1 Å². The average Bonchev–Trinajstić information content (AvgIpc) is 2.91. The smallest absolute Gasteiger partial charge is 0.335 e. The molecule has 1 atom stereocenters. The van der Waals surface area contributed by atoms with Gasteiger partial charge in [-0.1, -0.05) is 42.5 Å². The van der Waals surface area contributed by atoms with E-state index in [1.807, 2.05) is 89.2 Å². The SMILES string of the molecule is CCOC(=O)C(Cc1ccc(OC/C=C/c2ccc(-c3cc(OC(C)C)cc(OC(C)C)c3)cc2)cc1)OCC.